The molecule has 0 bridgehead atoms. The summed E-state index contributed by atoms with van der Waals surface area (Å²) >= 11 is 0. The van der Waals surface area contributed by atoms with Crippen LogP contribution in [0.4, 0.5) is 5.82 Å². The van der Waals surface area contributed by atoms with Gasteiger partial charge in [-0.2, -0.15) is 5.26 Å². The van der Waals surface area contributed by atoms with Gasteiger partial charge in [-0.05, 0) is 30.2 Å². The van der Waals surface area contributed by atoms with E-state index in [1.165, 1.54) is 0 Å². The first-order valence-corrected chi connectivity index (χ1v) is 6.92. The number of pyridine rings is 1. The van der Waals surface area contributed by atoms with Gasteiger partial charge < -0.3 is 5.73 Å². The quantitative estimate of drug-likeness (QED) is 0.785. The number of hydrogen-bond acceptors (Lipinski definition) is 4. The molecule has 0 atom stereocenters. The summed E-state index contributed by atoms with van der Waals surface area (Å²) in [4.78, 5) is 8.94. The van der Waals surface area contributed by atoms with Crippen LogP contribution in [0.5, 0.6) is 0 Å². The molecule has 0 fully saturated rings. The van der Waals surface area contributed by atoms with Crippen LogP contribution in [-0.4, -0.2) is 9.38 Å². The Morgan fingerprint density at radius 1 is 1.27 bits per heavy atom. The minimum absolute atomic E-state index is 0.303. The Bertz CT molecular complexity index is 933. The lowest BCUT2D eigenvalue weighted by Gasteiger charge is -2.07. The summed E-state index contributed by atoms with van der Waals surface area (Å²) < 4.78 is 1.70. The maximum absolute atomic E-state index is 9.37. The van der Waals surface area contributed by atoms with Gasteiger partial charge in [0.05, 0.1) is 6.54 Å². The zero-order chi connectivity index (χ0) is 15.5. The highest BCUT2D eigenvalue weighted by Crippen LogP contribution is 2.11. The van der Waals surface area contributed by atoms with Crippen LogP contribution < -0.4 is 11.2 Å². The van der Waals surface area contributed by atoms with Crippen molar-refractivity contribution in [2.75, 3.05) is 5.73 Å². The molecule has 5 heteroatoms. The zero-order valence-corrected chi connectivity index (χ0v) is 12.2. The molecular formula is C17H15N5. The highest BCUT2D eigenvalue weighted by molar-refractivity contribution is 5.55. The van der Waals surface area contributed by atoms with Crippen molar-refractivity contribution in [3.63, 3.8) is 0 Å². The van der Waals surface area contributed by atoms with E-state index in [-0.39, 0.29) is 0 Å². The predicted octanol–water partition coefficient (Wildman–Crippen LogP) is 2.20. The molecule has 22 heavy (non-hydrogen) atoms. The van der Waals surface area contributed by atoms with E-state index in [9.17, 15) is 5.26 Å². The second-order valence-electron chi connectivity index (χ2n) is 5.04. The number of rotatable bonds is 2. The molecule has 3 aromatic rings. The lowest BCUT2D eigenvalue weighted by Crippen LogP contribution is -2.19. The number of nitrogen functional groups attached to an aromatic ring is 1. The molecule has 0 radical (unpaired) electrons. The van der Waals surface area contributed by atoms with Gasteiger partial charge in [0.25, 0.3) is 0 Å². The highest BCUT2D eigenvalue weighted by atomic mass is 15.0. The Hall–Kier alpha value is -3.13. The van der Waals surface area contributed by atoms with Crippen molar-refractivity contribution < 1.29 is 0 Å². The average molecular weight is 289 g/mol. The molecule has 108 valence electrons. The van der Waals surface area contributed by atoms with Crippen molar-refractivity contribution in [1.29, 1.82) is 5.26 Å². The fourth-order valence-corrected chi connectivity index (χ4v) is 2.25. The number of fused-ring (bicyclic) bond motifs is 1. The van der Waals surface area contributed by atoms with E-state index in [1.807, 2.05) is 55.6 Å². The summed E-state index contributed by atoms with van der Waals surface area (Å²) in [6, 6.07) is 15.8. The third-order valence-electron chi connectivity index (χ3n) is 3.42. The maximum Gasteiger partial charge on any atom is 0.171 e. The van der Waals surface area contributed by atoms with E-state index in [0.717, 1.165) is 11.1 Å². The van der Waals surface area contributed by atoms with Gasteiger partial charge in [-0.3, -0.25) is 9.39 Å². The van der Waals surface area contributed by atoms with Gasteiger partial charge in [0.2, 0.25) is 0 Å². The summed E-state index contributed by atoms with van der Waals surface area (Å²) in [6.45, 7) is 2.45. The number of hydrogen-bond donors (Lipinski definition) is 1. The average Bonchev–Trinajstić information content (AvgIpc) is 2.53. The van der Waals surface area contributed by atoms with Gasteiger partial charge in [-0.25, -0.2) is 4.98 Å². The predicted molar refractivity (Wildman–Crippen MR) is 84.8 cm³/mol. The van der Waals surface area contributed by atoms with Crippen LogP contribution >= 0.6 is 0 Å². The lowest BCUT2D eigenvalue weighted by atomic mass is 10.2. The molecule has 3 rings (SSSR count). The number of nitrogens with zero attached hydrogens (tertiary/aromatic N) is 4. The molecule has 0 spiro atoms. The van der Waals surface area contributed by atoms with E-state index < -0.39 is 0 Å². The maximum atomic E-state index is 9.37. The number of anilines is 1. The first kappa shape index (κ1) is 13.8. The number of benzene rings is 1. The van der Waals surface area contributed by atoms with Crippen molar-refractivity contribution in [2.24, 2.45) is 4.99 Å². The number of nitrogens with two attached hydrogens (primary N) is 1. The fourth-order valence-electron chi connectivity index (χ4n) is 2.25. The van der Waals surface area contributed by atoms with Crippen LogP contribution in [-0.2, 0) is 6.54 Å². The molecule has 0 unspecified atom stereocenters. The van der Waals surface area contributed by atoms with Crippen LogP contribution in [0.1, 0.15) is 16.7 Å². The molecular weight excluding hydrogens is 274 g/mol. The molecule has 5 nitrogen and oxygen atoms in total. The van der Waals surface area contributed by atoms with Crippen LogP contribution in [0, 0.1) is 18.3 Å². The number of nitriles is 1. The summed E-state index contributed by atoms with van der Waals surface area (Å²) in [7, 11) is 0. The van der Waals surface area contributed by atoms with Gasteiger partial charge in [0.1, 0.15) is 23.1 Å². The molecule has 2 heterocycles. The Kier molecular flexibility index (Phi) is 3.58. The van der Waals surface area contributed by atoms with E-state index in [0.29, 0.717) is 29.1 Å². The van der Waals surface area contributed by atoms with Crippen molar-refractivity contribution in [2.45, 2.75) is 13.5 Å². The molecule has 2 aromatic heterocycles. The van der Waals surface area contributed by atoms with E-state index >= 15 is 0 Å². The zero-order valence-electron chi connectivity index (χ0n) is 12.2. The van der Waals surface area contributed by atoms with Gasteiger partial charge in [-0.1, -0.05) is 30.3 Å². The normalized spacial score (nSPS) is 11.5. The van der Waals surface area contributed by atoms with Gasteiger partial charge >= 0.3 is 0 Å². The molecule has 0 aliphatic carbocycles. The molecule has 0 saturated heterocycles. The summed E-state index contributed by atoms with van der Waals surface area (Å²) in [5.41, 5.74) is 9.59. The second kappa shape index (κ2) is 5.70. The largest absolute Gasteiger partial charge is 0.384 e. The topological polar surface area (TPSA) is 79.5 Å². The Labute approximate surface area is 128 Å². The van der Waals surface area contributed by atoms with Gasteiger partial charge in [0.15, 0.2) is 5.49 Å². The van der Waals surface area contributed by atoms with E-state index in [2.05, 4.69) is 16.0 Å². The standard InChI is InChI=1S/C17H15N5/c1-12-7-8-22-15(9-12)21-17(14(10-18)16(22)19)20-11-13-5-3-2-4-6-13/h2-9H,11,19H2,1H3. The second-order valence-corrected chi connectivity index (χ2v) is 5.04. The van der Waals surface area contributed by atoms with Crippen LogP contribution in [0.2, 0.25) is 0 Å². The van der Waals surface area contributed by atoms with Crippen molar-refractivity contribution in [1.82, 2.24) is 9.38 Å². The Morgan fingerprint density at radius 3 is 2.77 bits per heavy atom. The highest BCUT2D eigenvalue weighted by Gasteiger charge is 2.08. The molecule has 1 aromatic carbocycles. The van der Waals surface area contributed by atoms with E-state index in [4.69, 9.17) is 5.73 Å². The van der Waals surface area contributed by atoms with Crippen LogP contribution in [0.25, 0.3) is 5.65 Å². The smallest absolute Gasteiger partial charge is 0.171 e. The molecule has 0 aliphatic heterocycles. The summed E-state index contributed by atoms with van der Waals surface area (Å²) in [5.74, 6) is 0.360. The third-order valence-corrected chi connectivity index (χ3v) is 3.42. The fraction of sp³-hybridized carbons (Fsp3) is 0.118. The molecule has 0 amide bonds. The van der Waals surface area contributed by atoms with Crippen molar-refractivity contribution in [3.8, 4) is 6.07 Å². The van der Waals surface area contributed by atoms with Crippen LogP contribution in [0.15, 0.2) is 53.7 Å². The van der Waals surface area contributed by atoms with Gasteiger partial charge in [0, 0.05) is 6.20 Å². The minimum atomic E-state index is 0.303. The number of aromatic nitrogens is 2. The summed E-state index contributed by atoms with van der Waals surface area (Å²) in [5, 5.41) is 9.37. The Balaban J connectivity index is 2.18. The Morgan fingerprint density at radius 2 is 2.05 bits per heavy atom. The SMILES string of the molecule is Cc1ccn2c(N)c(C#N)c(=NCc3ccccc3)nc2c1. The molecule has 2 N–H and O–H groups in total. The number of aryl methyl sites for hydroxylation is 1. The van der Waals surface area contributed by atoms with E-state index in [1.54, 1.807) is 4.40 Å². The summed E-state index contributed by atoms with van der Waals surface area (Å²) in [6.07, 6.45) is 1.81. The molecule has 0 aliphatic rings. The third kappa shape index (κ3) is 2.54. The van der Waals surface area contributed by atoms with Gasteiger partial charge in [-0.15, -0.1) is 0 Å². The van der Waals surface area contributed by atoms with Crippen LogP contribution in [0.3, 0.4) is 0 Å². The molecule has 0 saturated carbocycles. The van der Waals surface area contributed by atoms with Crippen molar-refractivity contribution in [3.05, 3.63) is 70.8 Å². The first-order valence-electron chi connectivity index (χ1n) is 6.92. The minimum Gasteiger partial charge on any atom is -0.384 e. The monoisotopic (exact) mass is 289 g/mol. The van der Waals surface area contributed by atoms with Crippen molar-refractivity contribution >= 4 is 11.5 Å². The first-order chi connectivity index (χ1) is 10.7. The lowest BCUT2D eigenvalue weighted by molar-refractivity contribution is 0.944.